The zero-order valence-electron chi connectivity index (χ0n) is 5.24. The number of hydrogen-bond donors (Lipinski definition) is 3. The van der Waals surface area contributed by atoms with Crippen LogP contribution in [0, 0.1) is 0 Å². The van der Waals surface area contributed by atoms with Gasteiger partial charge in [0, 0.05) is 7.05 Å². The number of hydrogen-bond acceptors (Lipinski definition) is 2. The molecule has 10 heavy (non-hydrogen) atoms. The van der Waals surface area contributed by atoms with Gasteiger partial charge in [-0.3, -0.25) is 11.0 Å². The summed E-state index contributed by atoms with van der Waals surface area (Å²) < 4.78 is 11.7. The molecule has 0 saturated heterocycles. The molecule has 8 heteroatoms. The maximum atomic E-state index is 11.7. The Morgan fingerprint density at radius 3 is 2.30 bits per heavy atom. The first-order valence-corrected chi connectivity index (χ1v) is 5.15. The molecule has 0 spiro atoms. The second kappa shape index (κ2) is 3.36. The zero-order valence-corrected chi connectivity index (χ0v) is 6.95. The highest BCUT2D eigenvalue weighted by atomic mass is 32.4. The quantitative estimate of drug-likeness (QED) is 0.237. The van der Waals surface area contributed by atoms with Crippen molar-refractivity contribution < 1.29 is 9.18 Å². The molecular weight excluding hydrogens is 178 g/mol. The van der Waals surface area contributed by atoms with E-state index in [1.165, 1.54) is 0 Å². The molecule has 0 aliphatic carbocycles. The maximum Gasteiger partial charge on any atom is 0.414 e. The van der Waals surface area contributed by atoms with E-state index in [2.05, 4.69) is 17.0 Å². The standard InChI is InChI=1S/C2H8FN4OPS/c1-7(2(3)8)6-9(4,5)10/h1H3,(H5,4,5,6,10). The van der Waals surface area contributed by atoms with Crippen LogP contribution in [0.4, 0.5) is 9.18 Å². The van der Waals surface area contributed by atoms with Gasteiger partial charge in [0.05, 0.1) is 0 Å². The highest BCUT2D eigenvalue weighted by Crippen LogP contribution is 2.18. The van der Waals surface area contributed by atoms with Crippen molar-refractivity contribution in [3.05, 3.63) is 0 Å². The molecule has 0 aliphatic heterocycles. The molecule has 0 unspecified atom stereocenters. The second-order valence-corrected chi connectivity index (χ2v) is 5.05. The molecule has 5 N–H and O–H groups in total. The monoisotopic (exact) mass is 186 g/mol. The SMILES string of the molecule is CN(NP(N)(N)=S)C(=O)F. The van der Waals surface area contributed by atoms with Crippen molar-refractivity contribution >= 4 is 24.5 Å². The molecule has 0 bridgehead atoms. The molecule has 1 amide bonds. The largest absolute Gasteiger partial charge is 0.414 e. The molecule has 0 rings (SSSR count). The third-order valence-electron chi connectivity index (χ3n) is 0.570. The van der Waals surface area contributed by atoms with Gasteiger partial charge in [0.15, 0.2) is 0 Å². The van der Waals surface area contributed by atoms with Crippen LogP contribution in [-0.4, -0.2) is 18.2 Å². The molecule has 60 valence electrons. The van der Waals surface area contributed by atoms with Crippen LogP contribution >= 0.6 is 6.49 Å². The van der Waals surface area contributed by atoms with E-state index in [4.69, 9.17) is 11.0 Å². The first-order chi connectivity index (χ1) is 4.33. The van der Waals surface area contributed by atoms with E-state index in [9.17, 15) is 9.18 Å². The lowest BCUT2D eigenvalue weighted by Crippen LogP contribution is -2.38. The van der Waals surface area contributed by atoms with Crippen LogP contribution < -0.4 is 16.2 Å². The van der Waals surface area contributed by atoms with Crippen molar-refractivity contribution in [1.82, 2.24) is 10.2 Å². The fourth-order valence-corrected chi connectivity index (χ4v) is 1.19. The predicted octanol–water partition coefficient (Wildman–Crippen LogP) is -0.346. The van der Waals surface area contributed by atoms with Gasteiger partial charge in [0.1, 0.15) is 6.49 Å². The fraction of sp³-hybridized carbons (Fsp3) is 0.500. The van der Waals surface area contributed by atoms with E-state index in [0.29, 0.717) is 5.01 Å². The Balaban J connectivity index is 3.93. The van der Waals surface area contributed by atoms with E-state index in [1.807, 2.05) is 0 Å². The fourth-order valence-electron chi connectivity index (χ4n) is 0.274. The van der Waals surface area contributed by atoms with Gasteiger partial charge in [-0.05, 0) is 11.8 Å². The van der Waals surface area contributed by atoms with Crippen molar-refractivity contribution in [2.24, 2.45) is 11.0 Å². The van der Waals surface area contributed by atoms with Gasteiger partial charge in [0.25, 0.3) is 0 Å². The third kappa shape index (κ3) is 4.78. The summed E-state index contributed by atoms with van der Waals surface area (Å²) in [6, 6.07) is 0. The molecule has 0 radical (unpaired) electrons. The first kappa shape index (κ1) is 9.93. The van der Waals surface area contributed by atoms with Crippen LogP contribution in [0.15, 0.2) is 0 Å². The maximum absolute atomic E-state index is 11.7. The minimum Gasteiger partial charge on any atom is -0.278 e. The normalized spacial score (nSPS) is 11.2. The zero-order chi connectivity index (χ0) is 8.36. The molecule has 0 saturated carbocycles. The Labute approximate surface area is 62.7 Å². The van der Waals surface area contributed by atoms with Gasteiger partial charge >= 0.3 is 6.16 Å². The van der Waals surface area contributed by atoms with E-state index < -0.39 is 12.7 Å². The lowest BCUT2D eigenvalue weighted by atomic mass is 11.1. The highest BCUT2D eigenvalue weighted by Gasteiger charge is 2.10. The molecule has 0 aromatic rings. The topological polar surface area (TPSA) is 84.4 Å². The molecule has 5 nitrogen and oxygen atoms in total. The molecule has 0 aromatic carbocycles. The van der Waals surface area contributed by atoms with Gasteiger partial charge in [-0.25, -0.2) is 9.80 Å². The molecule has 0 aliphatic rings. The van der Waals surface area contributed by atoms with Crippen molar-refractivity contribution in [1.29, 1.82) is 0 Å². The van der Waals surface area contributed by atoms with E-state index in [-0.39, 0.29) is 0 Å². The van der Waals surface area contributed by atoms with E-state index in [1.54, 1.807) is 0 Å². The molecule has 0 fully saturated rings. The van der Waals surface area contributed by atoms with Crippen LogP contribution in [0.3, 0.4) is 0 Å². The molecule has 0 aromatic heterocycles. The highest BCUT2D eigenvalue weighted by molar-refractivity contribution is 8.11. The summed E-state index contributed by atoms with van der Waals surface area (Å²) in [6.07, 6.45) is -1.68. The Morgan fingerprint density at radius 1 is 1.80 bits per heavy atom. The van der Waals surface area contributed by atoms with Gasteiger partial charge in [0.2, 0.25) is 0 Å². The van der Waals surface area contributed by atoms with Crippen LogP contribution in [0.2, 0.25) is 0 Å². The number of nitrogens with one attached hydrogen (secondary N) is 1. The predicted molar refractivity (Wildman–Crippen MR) is 40.1 cm³/mol. The Morgan fingerprint density at radius 2 is 2.20 bits per heavy atom. The lowest BCUT2D eigenvalue weighted by molar-refractivity contribution is 0.179. The summed E-state index contributed by atoms with van der Waals surface area (Å²) in [4.78, 5) is 9.88. The third-order valence-corrected chi connectivity index (χ3v) is 1.43. The van der Waals surface area contributed by atoms with Crippen molar-refractivity contribution in [3.63, 3.8) is 0 Å². The summed E-state index contributed by atoms with van der Waals surface area (Å²) in [5.41, 5.74) is 10.2. The van der Waals surface area contributed by atoms with Crippen LogP contribution in [-0.2, 0) is 11.8 Å². The summed E-state index contributed by atoms with van der Waals surface area (Å²) >= 11 is 4.48. The number of halogens is 1. The molecule has 0 atom stereocenters. The van der Waals surface area contributed by atoms with Gasteiger partial charge in [-0.2, -0.15) is 5.20 Å². The minimum atomic E-state index is -2.73. The number of hydrazine groups is 1. The van der Waals surface area contributed by atoms with Gasteiger partial charge in [-0.1, -0.05) is 0 Å². The number of carbonyl (C=O) groups excluding carboxylic acids is 1. The van der Waals surface area contributed by atoms with Crippen molar-refractivity contribution in [2.45, 2.75) is 0 Å². The number of nitrogens with two attached hydrogens (primary N) is 2. The average molecular weight is 186 g/mol. The van der Waals surface area contributed by atoms with Gasteiger partial charge < -0.3 is 0 Å². The molecule has 0 heterocycles. The number of nitrogens with zero attached hydrogens (tertiary/aromatic N) is 1. The van der Waals surface area contributed by atoms with Crippen LogP contribution in [0.25, 0.3) is 0 Å². The lowest BCUT2D eigenvalue weighted by Gasteiger charge is -2.18. The second-order valence-electron chi connectivity index (χ2n) is 1.62. The summed E-state index contributed by atoms with van der Waals surface area (Å²) in [5, 5.41) is 2.62. The van der Waals surface area contributed by atoms with E-state index >= 15 is 0 Å². The van der Waals surface area contributed by atoms with Crippen molar-refractivity contribution in [2.75, 3.05) is 7.05 Å². The smallest absolute Gasteiger partial charge is 0.278 e. The molecular formula is C2H8FN4OPS. The van der Waals surface area contributed by atoms with E-state index in [0.717, 1.165) is 7.05 Å². The minimum absolute atomic E-state index is 0.515. The van der Waals surface area contributed by atoms with Crippen LogP contribution in [0.5, 0.6) is 0 Å². The van der Waals surface area contributed by atoms with Gasteiger partial charge in [-0.15, -0.1) is 4.39 Å². The Hall–Kier alpha value is -0.0700. The average Bonchev–Trinajstić information content (AvgIpc) is 1.60. The Bertz CT molecular complexity index is 180. The first-order valence-electron chi connectivity index (χ1n) is 2.21. The van der Waals surface area contributed by atoms with Crippen LogP contribution in [0.1, 0.15) is 0 Å². The summed E-state index contributed by atoms with van der Waals surface area (Å²) in [7, 11) is 1.14. The number of amides is 1. The number of carbonyl (C=O) groups is 1. The summed E-state index contributed by atoms with van der Waals surface area (Å²) in [6.45, 7) is -2.73. The van der Waals surface area contributed by atoms with Crippen molar-refractivity contribution in [3.8, 4) is 0 Å². The number of rotatable bonds is 2. The summed E-state index contributed by atoms with van der Waals surface area (Å²) in [5.74, 6) is 0. The Kier molecular flexibility index (Phi) is 3.34.